The lowest BCUT2D eigenvalue weighted by atomic mass is 10.1. The molecule has 82 valence electrons. The molecule has 0 fully saturated rings. The highest BCUT2D eigenvalue weighted by atomic mass is 19.2. The Balaban J connectivity index is 2.73. The summed E-state index contributed by atoms with van der Waals surface area (Å²) in [5.41, 5.74) is -1.15. The van der Waals surface area contributed by atoms with E-state index >= 15 is 0 Å². The van der Waals surface area contributed by atoms with Crippen molar-refractivity contribution in [1.29, 1.82) is 0 Å². The van der Waals surface area contributed by atoms with Crippen molar-refractivity contribution in [3.63, 3.8) is 0 Å². The van der Waals surface area contributed by atoms with Gasteiger partial charge in [0.15, 0.2) is 11.6 Å². The van der Waals surface area contributed by atoms with E-state index in [0.717, 1.165) is 24.4 Å². The second-order valence-electron chi connectivity index (χ2n) is 3.06. The number of hydrogen-bond acceptors (Lipinski definition) is 1. The molecule has 0 saturated carbocycles. The maximum absolute atomic E-state index is 13.3. The summed E-state index contributed by atoms with van der Waals surface area (Å²) < 4.78 is 52.7. The molecule has 0 amide bonds. The highest BCUT2D eigenvalue weighted by molar-refractivity contribution is 5.64. The first-order valence-corrected chi connectivity index (χ1v) is 4.35. The summed E-state index contributed by atoms with van der Waals surface area (Å²) in [5.74, 6) is -4.63. The summed E-state index contributed by atoms with van der Waals surface area (Å²) >= 11 is 0. The Kier molecular flexibility index (Phi) is 2.60. The predicted molar refractivity (Wildman–Crippen MR) is 49.5 cm³/mol. The molecule has 1 heterocycles. The molecule has 1 nitrogen and oxygen atoms in total. The zero-order valence-corrected chi connectivity index (χ0v) is 7.85. The van der Waals surface area contributed by atoms with Crippen molar-refractivity contribution >= 4 is 0 Å². The van der Waals surface area contributed by atoms with Gasteiger partial charge in [0.25, 0.3) is 0 Å². The van der Waals surface area contributed by atoms with Crippen LogP contribution in [0.5, 0.6) is 0 Å². The molecule has 1 aromatic carbocycles. The van der Waals surface area contributed by atoms with Crippen molar-refractivity contribution in [2.24, 2.45) is 0 Å². The van der Waals surface area contributed by atoms with Crippen LogP contribution in [0.4, 0.5) is 17.6 Å². The summed E-state index contributed by atoms with van der Waals surface area (Å²) in [7, 11) is 0. The SMILES string of the molecule is Fc1cccc(-c2c(F)ccnc2F)c1F. The molecule has 0 aliphatic carbocycles. The highest BCUT2D eigenvalue weighted by Crippen LogP contribution is 2.28. The molecule has 0 spiro atoms. The number of pyridine rings is 1. The fraction of sp³-hybridized carbons (Fsp3) is 0. The maximum Gasteiger partial charge on any atom is 0.223 e. The van der Waals surface area contributed by atoms with E-state index in [4.69, 9.17) is 0 Å². The fourth-order valence-corrected chi connectivity index (χ4v) is 1.35. The van der Waals surface area contributed by atoms with E-state index in [-0.39, 0.29) is 0 Å². The maximum atomic E-state index is 13.3. The van der Waals surface area contributed by atoms with Crippen molar-refractivity contribution in [2.45, 2.75) is 0 Å². The normalized spacial score (nSPS) is 10.5. The van der Waals surface area contributed by atoms with Crippen LogP contribution in [0.3, 0.4) is 0 Å². The Bertz CT molecular complexity index is 519. The van der Waals surface area contributed by atoms with Gasteiger partial charge in [0.05, 0.1) is 5.56 Å². The number of hydrogen-bond donors (Lipinski definition) is 0. The van der Waals surface area contributed by atoms with E-state index < -0.39 is 34.5 Å². The summed E-state index contributed by atoms with van der Waals surface area (Å²) in [4.78, 5) is 3.19. The molecule has 0 radical (unpaired) electrons. The quantitative estimate of drug-likeness (QED) is 0.538. The van der Waals surface area contributed by atoms with Gasteiger partial charge < -0.3 is 0 Å². The molecule has 2 aromatic rings. The van der Waals surface area contributed by atoms with E-state index in [2.05, 4.69) is 4.98 Å². The van der Waals surface area contributed by atoms with E-state index in [9.17, 15) is 17.6 Å². The zero-order valence-electron chi connectivity index (χ0n) is 7.85. The molecule has 0 N–H and O–H groups in total. The molecule has 0 unspecified atom stereocenters. The molecular weight excluding hydrogens is 222 g/mol. The Morgan fingerprint density at radius 3 is 2.31 bits per heavy atom. The largest absolute Gasteiger partial charge is 0.228 e. The minimum Gasteiger partial charge on any atom is -0.228 e. The molecule has 0 aliphatic heterocycles. The molecule has 16 heavy (non-hydrogen) atoms. The Hall–Kier alpha value is -1.91. The highest BCUT2D eigenvalue weighted by Gasteiger charge is 2.17. The van der Waals surface area contributed by atoms with E-state index in [1.165, 1.54) is 6.07 Å². The zero-order chi connectivity index (χ0) is 11.7. The number of benzene rings is 1. The van der Waals surface area contributed by atoms with E-state index in [1.807, 2.05) is 0 Å². The molecule has 5 heteroatoms. The van der Waals surface area contributed by atoms with Gasteiger partial charge in [-0.3, -0.25) is 0 Å². The van der Waals surface area contributed by atoms with Gasteiger partial charge in [0, 0.05) is 11.8 Å². The van der Waals surface area contributed by atoms with Gasteiger partial charge in [-0.2, -0.15) is 4.39 Å². The van der Waals surface area contributed by atoms with Gasteiger partial charge in [-0.25, -0.2) is 18.2 Å². The molecular formula is C11H5F4N. The monoisotopic (exact) mass is 227 g/mol. The van der Waals surface area contributed by atoms with Crippen molar-refractivity contribution in [3.05, 3.63) is 53.9 Å². The Labute approximate surface area is 88.4 Å². The van der Waals surface area contributed by atoms with Gasteiger partial charge in [-0.15, -0.1) is 0 Å². The van der Waals surface area contributed by atoms with Crippen LogP contribution in [-0.2, 0) is 0 Å². The summed E-state index contributed by atoms with van der Waals surface area (Å²) in [6.45, 7) is 0. The van der Waals surface area contributed by atoms with Gasteiger partial charge in [0.1, 0.15) is 5.82 Å². The van der Waals surface area contributed by atoms with Crippen LogP contribution < -0.4 is 0 Å². The van der Waals surface area contributed by atoms with Crippen LogP contribution in [0.2, 0.25) is 0 Å². The van der Waals surface area contributed by atoms with Gasteiger partial charge in [-0.05, 0) is 12.1 Å². The third-order valence-corrected chi connectivity index (χ3v) is 2.07. The molecule has 0 saturated heterocycles. The minimum atomic E-state index is -1.30. The predicted octanol–water partition coefficient (Wildman–Crippen LogP) is 3.31. The van der Waals surface area contributed by atoms with Crippen molar-refractivity contribution < 1.29 is 17.6 Å². The molecule has 0 aliphatic rings. The standard InChI is InChI=1S/C11H5F4N/c12-7-4-5-16-11(15)9(7)6-2-1-3-8(13)10(6)14/h1-5H. The summed E-state index contributed by atoms with van der Waals surface area (Å²) in [6, 6.07) is 4.00. The molecule has 1 aromatic heterocycles. The average molecular weight is 227 g/mol. The van der Waals surface area contributed by atoms with Crippen molar-refractivity contribution in [2.75, 3.05) is 0 Å². The smallest absolute Gasteiger partial charge is 0.223 e. The number of halogens is 4. The van der Waals surface area contributed by atoms with Crippen LogP contribution in [-0.4, -0.2) is 4.98 Å². The number of aromatic nitrogens is 1. The van der Waals surface area contributed by atoms with Crippen LogP contribution >= 0.6 is 0 Å². The molecule has 2 rings (SSSR count). The van der Waals surface area contributed by atoms with Crippen molar-refractivity contribution in [1.82, 2.24) is 4.98 Å². The first kappa shape index (κ1) is 10.6. The lowest BCUT2D eigenvalue weighted by Gasteiger charge is -2.05. The van der Waals surface area contributed by atoms with Gasteiger partial charge in [0.2, 0.25) is 5.95 Å². The second-order valence-corrected chi connectivity index (χ2v) is 3.06. The third kappa shape index (κ3) is 1.64. The average Bonchev–Trinajstić information content (AvgIpc) is 2.24. The Morgan fingerprint density at radius 1 is 0.875 bits per heavy atom. The topological polar surface area (TPSA) is 12.9 Å². The van der Waals surface area contributed by atoms with E-state index in [1.54, 1.807) is 0 Å². The van der Waals surface area contributed by atoms with Crippen LogP contribution in [0.1, 0.15) is 0 Å². The first-order valence-electron chi connectivity index (χ1n) is 4.35. The molecule has 0 atom stereocenters. The van der Waals surface area contributed by atoms with Crippen LogP contribution in [0.25, 0.3) is 11.1 Å². The number of rotatable bonds is 1. The summed E-state index contributed by atoms with van der Waals surface area (Å²) in [6.07, 6.45) is 0.908. The van der Waals surface area contributed by atoms with Crippen LogP contribution in [0.15, 0.2) is 30.5 Å². The van der Waals surface area contributed by atoms with Crippen molar-refractivity contribution in [3.8, 4) is 11.1 Å². The van der Waals surface area contributed by atoms with Crippen LogP contribution in [0, 0.1) is 23.4 Å². The number of nitrogens with zero attached hydrogens (tertiary/aromatic N) is 1. The summed E-state index contributed by atoms with van der Waals surface area (Å²) in [5, 5.41) is 0. The van der Waals surface area contributed by atoms with Gasteiger partial charge in [-0.1, -0.05) is 12.1 Å². The fourth-order valence-electron chi connectivity index (χ4n) is 1.35. The lowest BCUT2D eigenvalue weighted by Crippen LogP contribution is -1.97. The van der Waals surface area contributed by atoms with E-state index in [0.29, 0.717) is 0 Å². The van der Waals surface area contributed by atoms with Gasteiger partial charge >= 0.3 is 0 Å². The first-order chi connectivity index (χ1) is 7.61. The minimum absolute atomic E-state index is 0.483. The molecule has 0 bridgehead atoms. The Morgan fingerprint density at radius 2 is 1.62 bits per heavy atom. The second kappa shape index (κ2) is 3.92. The lowest BCUT2D eigenvalue weighted by molar-refractivity contribution is 0.506. The third-order valence-electron chi connectivity index (χ3n) is 2.07.